The smallest absolute Gasteiger partial charge is 0.342 e. The van der Waals surface area contributed by atoms with Crippen LogP contribution in [-0.2, 0) is 105 Å². The average molecular weight is 1500 g/mol. The van der Waals surface area contributed by atoms with Gasteiger partial charge in [-0.3, -0.25) is 43.2 Å². The molecule has 2 unspecified atom stereocenters. The van der Waals surface area contributed by atoms with E-state index in [2.05, 4.69) is 0 Å². The van der Waals surface area contributed by atoms with Crippen LogP contribution in [0.2, 0.25) is 0 Å². The van der Waals surface area contributed by atoms with Gasteiger partial charge >= 0.3 is 65.7 Å². The van der Waals surface area contributed by atoms with Gasteiger partial charge in [-0.2, -0.15) is 0 Å². The number of carbonyl (C=O) groups excluding carboxylic acids is 11. The highest BCUT2D eigenvalue weighted by Gasteiger charge is 2.55. The Labute approximate surface area is 611 Å². The first-order valence-electron chi connectivity index (χ1n) is 35.1. The van der Waals surface area contributed by atoms with Gasteiger partial charge in [0.25, 0.3) is 0 Å². The fraction of sp³-hybridized carbons (Fsp3) is 0.667. The van der Waals surface area contributed by atoms with Crippen molar-refractivity contribution in [2.75, 3.05) is 19.8 Å². The molecular formula is C72H110O33. The Kier molecular flexibility index (Phi) is 49.1. The third kappa shape index (κ3) is 38.4. The number of hydrogen-bond donors (Lipinski definition) is 9. The molecule has 4 rings (SSSR count). The second kappa shape index (κ2) is 53.3. The van der Waals surface area contributed by atoms with E-state index in [0.717, 1.165) is 0 Å². The summed E-state index contributed by atoms with van der Waals surface area (Å²) in [6.07, 6.45) is -14.8. The molecule has 2 aliphatic rings. The van der Waals surface area contributed by atoms with Gasteiger partial charge in [-0.1, -0.05) is 86.6 Å². The third-order valence-electron chi connectivity index (χ3n) is 14.0. The summed E-state index contributed by atoms with van der Waals surface area (Å²) in [7, 11) is 0. The summed E-state index contributed by atoms with van der Waals surface area (Å²) in [5.74, 6) is -7.14. The van der Waals surface area contributed by atoms with Gasteiger partial charge in [0.05, 0.1) is 6.61 Å². The zero-order chi connectivity index (χ0) is 79.9. The van der Waals surface area contributed by atoms with E-state index in [0.29, 0.717) is 57.8 Å². The van der Waals surface area contributed by atoms with Crippen molar-refractivity contribution >= 4 is 71.9 Å². The summed E-state index contributed by atoms with van der Waals surface area (Å²) < 4.78 is 65.7. The van der Waals surface area contributed by atoms with Gasteiger partial charge in [0.15, 0.2) is 43.1 Å². The number of para-hydroxylation sites is 2. The van der Waals surface area contributed by atoms with E-state index < -0.39 is 164 Å². The van der Waals surface area contributed by atoms with Crippen molar-refractivity contribution < 1.29 is 160 Å². The molecule has 0 bridgehead atoms. The number of carboxylic acids is 1. The van der Waals surface area contributed by atoms with Crippen LogP contribution in [0.5, 0.6) is 11.5 Å². The van der Waals surface area contributed by atoms with E-state index in [4.69, 9.17) is 92.6 Å². The number of aliphatic hydroxyl groups excluding tert-OH is 6. The number of aromatic hydroxyl groups is 2. The minimum Gasteiger partial charge on any atom is -0.507 e. The first kappa shape index (κ1) is 96.6. The van der Waals surface area contributed by atoms with Crippen LogP contribution in [0.4, 0.5) is 0 Å². The van der Waals surface area contributed by atoms with Crippen molar-refractivity contribution in [2.45, 2.75) is 290 Å². The number of rotatable bonds is 36. The fourth-order valence-electron chi connectivity index (χ4n) is 8.98. The van der Waals surface area contributed by atoms with Crippen LogP contribution < -0.4 is 0 Å². The number of aliphatic hydroxyl groups is 6. The Balaban J connectivity index is 0.00000141. The Hall–Kier alpha value is -8.44. The molecule has 14 atom stereocenters. The molecule has 33 nitrogen and oxygen atoms in total. The van der Waals surface area contributed by atoms with Crippen LogP contribution in [0, 0.1) is 0 Å². The lowest BCUT2D eigenvalue weighted by atomic mass is 9.97. The molecule has 2 aliphatic heterocycles. The lowest BCUT2D eigenvalue weighted by Crippen LogP contribution is -2.63. The van der Waals surface area contributed by atoms with Gasteiger partial charge in [-0.05, 0) is 103 Å². The van der Waals surface area contributed by atoms with Crippen molar-refractivity contribution in [2.24, 2.45) is 0 Å². The zero-order valence-corrected chi connectivity index (χ0v) is 62.0. The van der Waals surface area contributed by atoms with Gasteiger partial charge in [-0.15, -0.1) is 0 Å². The summed E-state index contributed by atoms with van der Waals surface area (Å²) in [5, 5.41) is 80.7. The van der Waals surface area contributed by atoms with Crippen LogP contribution in [0.15, 0.2) is 48.5 Å². The SMILES string of the molecule is CC(C)(C)OC(=O)c1ccccc1O.CCCC(=O)OC[C@H]1OC(O)[C@H](OC(=O)CCC)[C@@H](OC(=O)CCC)[C@@H]1OC(=O)CCC.CCCC(=O)OC[C@H]1OC(OC(=O)CCC)[C@H](OC(=O)CCC)[C@@H](OC(=O)CCC)[C@@H]1OC(=O)CCC.O=C(O)c1ccccc1O.O=C[C@H](O)[C@@H](O)[C@H](O)[C@H](O)CO. The number of phenolic OH excluding ortho intramolecular Hbond substituents is 1. The first-order chi connectivity index (χ1) is 49.6. The van der Waals surface area contributed by atoms with Crippen molar-refractivity contribution in [3.8, 4) is 11.5 Å². The molecule has 9 N–H and O–H groups in total. The van der Waals surface area contributed by atoms with Crippen molar-refractivity contribution in [1.82, 2.24) is 0 Å². The van der Waals surface area contributed by atoms with E-state index >= 15 is 0 Å². The van der Waals surface area contributed by atoms with Gasteiger partial charge < -0.3 is 108 Å². The largest absolute Gasteiger partial charge is 0.507 e. The number of aromatic carboxylic acids is 1. The highest BCUT2D eigenvalue weighted by atomic mass is 16.8. The Morgan fingerprint density at radius 3 is 1.09 bits per heavy atom. The Bertz CT molecular complexity index is 2950. The molecule has 596 valence electrons. The molecule has 0 aromatic heterocycles. The summed E-state index contributed by atoms with van der Waals surface area (Å²) in [5.41, 5.74) is -0.413. The second-order valence-corrected chi connectivity index (χ2v) is 24.6. The maximum absolute atomic E-state index is 12.6. The van der Waals surface area contributed by atoms with E-state index in [9.17, 15) is 67.7 Å². The molecule has 2 aromatic rings. The molecule has 33 heteroatoms. The van der Waals surface area contributed by atoms with Gasteiger partial charge in [0, 0.05) is 57.8 Å². The number of benzene rings is 2. The first-order valence-corrected chi connectivity index (χ1v) is 35.1. The molecule has 0 radical (unpaired) electrons. The molecule has 2 aromatic carbocycles. The number of carbonyl (C=O) groups is 12. The highest BCUT2D eigenvalue weighted by molar-refractivity contribution is 5.92. The van der Waals surface area contributed by atoms with E-state index in [1.54, 1.807) is 93.5 Å². The molecule has 0 amide bonds. The molecule has 2 saturated heterocycles. The standard InChI is InChI=1S/C26H42O11.C22H36O10.C11H14O3.C7H6O3.C6H12O6/c1-6-11-18(27)32-16-17-23(34-19(28)12-7-2)24(35-20(29)13-8-3)25(36-21(30)14-9-4)26(33-17)37-22(31)15-10-5;1-5-9-15(23)28-13-14-19(30-16(24)10-6-2)20(31-17(25)11-7-3)21(22(27)29-14)32-18(26)12-8-4;1-11(2,3)14-10(13)8-6-4-5-7-9(8)12;8-6-4-2-1-3-5(6)7(9)10;7-1-3(9)5(11)6(12)4(10)2-8/h17,23-26H,6-16H2,1-5H3;14,19-22,27H,5-13H2,1-4H3;4-7,12H,1-3H3;1-4,8H,(H,9,10);1,3-6,8-12H,2H2/t17-,23-,24+,25-,26?;14-,19-,20+,21-,22?;;;3-,4+,5+,6+/m11..0/s1. The monoisotopic (exact) mass is 1500 g/mol. The number of esters is 10. The van der Waals surface area contributed by atoms with E-state index in [-0.39, 0.29) is 99.9 Å². The average Bonchev–Trinajstić information content (AvgIpc) is 0.790. The zero-order valence-electron chi connectivity index (χ0n) is 62.0. The molecule has 0 aliphatic carbocycles. The molecule has 0 spiro atoms. The molecule has 105 heavy (non-hydrogen) atoms. The molecule has 2 fully saturated rings. The summed E-state index contributed by atoms with van der Waals surface area (Å²) in [6, 6.07) is 12.1. The minimum absolute atomic E-state index is 0.0258. The number of phenols is 2. The van der Waals surface area contributed by atoms with Crippen molar-refractivity contribution in [3.05, 3.63) is 59.7 Å². The highest BCUT2D eigenvalue weighted by Crippen LogP contribution is 2.33. The van der Waals surface area contributed by atoms with Gasteiger partial charge in [0.2, 0.25) is 12.4 Å². The number of aldehydes is 1. The van der Waals surface area contributed by atoms with Crippen LogP contribution >= 0.6 is 0 Å². The Morgan fingerprint density at radius 1 is 0.438 bits per heavy atom. The minimum atomic E-state index is -1.79. The fourth-order valence-corrected chi connectivity index (χ4v) is 8.98. The summed E-state index contributed by atoms with van der Waals surface area (Å²) in [6.45, 7) is 20.0. The lowest BCUT2D eigenvalue weighted by Gasteiger charge is -2.44. The summed E-state index contributed by atoms with van der Waals surface area (Å²) >= 11 is 0. The van der Waals surface area contributed by atoms with Crippen LogP contribution in [0.3, 0.4) is 0 Å². The molecular weight excluding hydrogens is 1390 g/mol. The molecule has 2 heterocycles. The van der Waals surface area contributed by atoms with Gasteiger partial charge in [-0.25, -0.2) is 9.59 Å². The van der Waals surface area contributed by atoms with E-state index in [1.165, 1.54) is 24.3 Å². The van der Waals surface area contributed by atoms with Crippen molar-refractivity contribution in [3.63, 3.8) is 0 Å². The number of carboxylic acid groups (broad SMARTS) is 1. The number of ether oxygens (including phenoxy) is 12. The summed E-state index contributed by atoms with van der Waals surface area (Å²) in [4.78, 5) is 142. The van der Waals surface area contributed by atoms with Crippen molar-refractivity contribution in [1.29, 1.82) is 0 Å². The van der Waals surface area contributed by atoms with Crippen LogP contribution in [0.1, 0.15) is 219 Å². The number of hydrogen-bond acceptors (Lipinski definition) is 32. The third-order valence-corrected chi connectivity index (χ3v) is 14.0. The van der Waals surface area contributed by atoms with E-state index in [1.807, 2.05) is 13.8 Å². The van der Waals surface area contributed by atoms with Crippen LogP contribution in [0.25, 0.3) is 0 Å². The quantitative estimate of drug-likeness (QED) is 0.0222. The molecule has 0 saturated carbocycles. The Morgan fingerprint density at radius 2 is 0.752 bits per heavy atom. The topological polar surface area (TPSA) is 498 Å². The normalized spacial score (nSPS) is 20.5. The predicted octanol–water partition coefficient (Wildman–Crippen LogP) is 5.78. The maximum Gasteiger partial charge on any atom is 0.342 e. The second-order valence-electron chi connectivity index (χ2n) is 24.6. The van der Waals surface area contributed by atoms with Crippen LogP contribution in [-0.4, -0.2) is 229 Å². The predicted molar refractivity (Wildman–Crippen MR) is 367 cm³/mol. The lowest BCUT2D eigenvalue weighted by molar-refractivity contribution is -0.301. The maximum atomic E-state index is 12.6. The van der Waals surface area contributed by atoms with Gasteiger partial charge in [0.1, 0.15) is 78.1 Å².